The Morgan fingerprint density at radius 3 is 2.96 bits per heavy atom. The second kappa shape index (κ2) is 10.2. The van der Waals surface area contributed by atoms with Crippen LogP contribution in [0.15, 0.2) is 67.0 Å². The number of ether oxygens (including phenoxy) is 1. The van der Waals surface area contributed by atoms with E-state index < -0.39 is 0 Å². The van der Waals surface area contributed by atoms with Crippen molar-refractivity contribution in [3.05, 3.63) is 72.5 Å². The lowest BCUT2D eigenvalue weighted by molar-refractivity contribution is -0.131. The summed E-state index contributed by atoms with van der Waals surface area (Å²) < 4.78 is 5.98. The molecule has 1 aliphatic heterocycles. The molecule has 1 fully saturated rings. The first-order valence-corrected chi connectivity index (χ1v) is 9.19. The minimum Gasteiger partial charge on any atom is -0.507 e. The van der Waals surface area contributed by atoms with Crippen LogP contribution in [0.25, 0.3) is 6.08 Å². The molecule has 0 aromatic heterocycles. The fourth-order valence-corrected chi connectivity index (χ4v) is 3.16. The van der Waals surface area contributed by atoms with Gasteiger partial charge < -0.3 is 14.7 Å². The molecule has 1 unspecified atom stereocenters. The van der Waals surface area contributed by atoms with E-state index in [0.717, 1.165) is 19.3 Å². The van der Waals surface area contributed by atoms with Gasteiger partial charge in [-0.25, -0.2) is 0 Å². The number of phenols is 1. The zero-order valence-corrected chi connectivity index (χ0v) is 15.9. The zero-order valence-electron chi connectivity index (χ0n) is 15.9. The Morgan fingerprint density at radius 2 is 2.26 bits per heavy atom. The normalized spacial score (nSPS) is 17.4. The van der Waals surface area contributed by atoms with Crippen LogP contribution in [-0.2, 0) is 4.79 Å². The van der Waals surface area contributed by atoms with Gasteiger partial charge in [-0.3, -0.25) is 4.79 Å². The lowest BCUT2D eigenvalue weighted by Gasteiger charge is -2.36. The fraction of sp³-hybridized carbons (Fsp3) is 0.304. The molecule has 1 aromatic carbocycles. The highest BCUT2D eigenvalue weighted by Gasteiger charge is 2.28. The number of nitrogens with zero attached hydrogens (tertiary/aromatic N) is 1. The molecule has 1 amide bonds. The summed E-state index contributed by atoms with van der Waals surface area (Å²) in [7, 11) is 0. The number of carbonyl (C=O) groups is 1. The highest BCUT2D eigenvalue weighted by Crippen LogP contribution is 2.29. The number of amides is 1. The lowest BCUT2D eigenvalue weighted by Crippen LogP contribution is -2.47. The molecule has 2 rings (SSSR count). The van der Waals surface area contributed by atoms with Crippen molar-refractivity contribution in [3.8, 4) is 11.5 Å². The maximum absolute atomic E-state index is 12.9. The molecule has 0 aliphatic carbocycles. The Bertz CT molecular complexity index is 785. The average molecular weight is 365 g/mol. The number of aromatic hydroxyl groups is 1. The summed E-state index contributed by atoms with van der Waals surface area (Å²) in [6.45, 7) is 10.2. The first-order chi connectivity index (χ1) is 13.1. The van der Waals surface area contributed by atoms with Crippen molar-refractivity contribution in [2.24, 2.45) is 0 Å². The predicted octanol–water partition coefficient (Wildman–Crippen LogP) is 4.64. The Hall–Kier alpha value is -2.97. The highest BCUT2D eigenvalue weighted by atomic mass is 16.5. The van der Waals surface area contributed by atoms with Gasteiger partial charge in [0.2, 0.25) is 0 Å². The maximum Gasteiger partial charge on any atom is 0.253 e. The van der Waals surface area contributed by atoms with E-state index in [-0.39, 0.29) is 17.7 Å². The largest absolute Gasteiger partial charge is 0.507 e. The monoisotopic (exact) mass is 365 g/mol. The maximum atomic E-state index is 12.9. The van der Waals surface area contributed by atoms with Gasteiger partial charge in [-0.1, -0.05) is 37.5 Å². The summed E-state index contributed by atoms with van der Waals surface area (Å²) in [6.07, 6.45) is 11.5. The molecule has 1 aliphatic rings. The summed E-state index contributed by atoms with van der Waals surface area (Å²) in [4.78, 5) is 14.8. The van der Waals surface area contributed by atoms with E-state index in [4.69, 9.17) is 4.74 Å². The van der Waals surface area contributed by atoms with Gasteiger partial charge in [0.1, 0.15) is 18.1 Å². The molecule has 1 saturated heterocycles. The minimum absolute atomic E-state index is 0.00557. The number of phenolic OH excluding ortho intramolecular Hbond substituents is 1. The van der Waals surface area contributed by atoms with E-state index in [9.17, 15) is 9.90 Å². The number of hydrogen-bond donors (Lipinski definition) is 1. The topological polar surface area (TPSA) is 49.8 Å². The van der Waals surface area contributed by atoms with Gasteiger partial charge >= 0.3 is 0 Å². The van der Waals surface area contributed by atoms with Gasteiger partial charge in [0, 0.05) is 12.1 Å². The third kappa shape index (κ3) is 5.25. The Balaban J connectivity index is 2.16. The van der Waals surface area contributed by atoms with Crippen LogP contribution in [-0.4, -0.2) is 35.1 Å². The van der Waals surface area contributed by atoms with Crippen LogP contribution >= 0.6 is 0 Å². The second-order valence-electron chi connectivity index (χ2n) is 6.34. The van der Waals surface area contributed by atoms with Gasteiger partial charge in [-0.2, -0.15) is 0 Å². The van der Waals surface area contributed by atoms with E-state index >= 15 is 0 Å². The Labute approximate surface area is 161 Å². The molecule has 142 valence electrons. The van der Waals surface area contributed by atoms with Crippen molar-refractivity contribution in [2.75, 3.05) is 13.2 Å². The van der Waals surface area contributed by atoms with E-state index in [0.29, 0.717) is 30.0 Å². The van der Waals surface area contributed by atoms with E-state index in [1.807, 2.05) is 17.9 Å². The van der Waals surface area contributed by atoms with Gasteiger partial charge in [-0.05, 0) is 50.5 Å². The number of rotatable bonds is 7. The number of carbonyl (C=O) groups excluding carboxylic acids is 1. The molecular formula is C23H27NO3. The molecular weight excluding hydrogens is 338 g/mol. The first kappa shape index (κ1) is 20.3. The SMILES string of the molecule is C=C=Cc1c(O)cccc1OCC1CCCCN1C(=O)C(/C=C\C=C)=C/C. The quantitative estimate of drug-likeness (QED) is 0.435. The van der Waals surface area contributed by atoms with Gasteiger partial charge in [0.15, 0.2) is 0 Å². The summed E-state index contributed by atoms with van der Waals surface area (Å²) in [5, 5.41) is 10.0. The smallest absolute Gasteiger partial charge is 0.253 e. The summed E-state index contributed by atoms with van der Waals surface area (Å²) in [6, 6.07) is 5.10. The Kier molecular flexibility index (Phi) is 7.72. The van der Waals surface area contributed by atoms with Crippen molar-refractivity contribution in [1.82, 2.24) is 4.90 Å². The molecule has 0 saturated carbocycles. The number of allylic oxidation sites excluding steroid dienone is 3. The lowest BCUT2D eigenvalue weighted by atomic mass is 10.0. The molecule has 1 heterocycles. The minimum atomic E-state index is -0.0127. The molecule has 1 aromatic rings. The third-order valence-electron chi connectivity index (χ3n) is 4.58. The summed E-state index contributed by atoms with van der Waals surface area (Å²) >= 11 is 0. The van der Waals surface area contributed by atoms with Gasteiger partial charge in [0.25, 0.3) is 5.91 Å². The van der Waals surface area contributed by atoms with E-state index in [1.54, 1.807) is 42.5 Å². The summed E-state index contributed by atoms with van der Waals surface area (Å²) in [5.74, 6) is 0.680. The van der Waals surface area contributed by atoms with Gasteiger partial charge in [-0.15, -0.1) is 5.73 Å². The van der Waals surface area contributed by atoms with Crippen molar-refractivity contribution >= 4 is 12.0 Å². The molecule has 1 atom stereocenters. The summed E-state index contributed by atoms with van der Waals surface area (Å²) in [5.41, 5.74) is 3.86. The third-order valence-corrected chi connectivity index (χ3v) is 4.58. The van der Waals surface area contributed by atoms with Crippen molar-refractivity contribution in [3.63, 3.8) is 0 Å². The number of hydrogen-bond acceptors (Lipinski definition) is 3. The molecule has 0 spiro atoms. The van der Waals surface area contributed by atoms with Crippen LogP contribution in [0.3, 0.4) is 0 Å². The predicted molar refractivity (Wildman–Crippen MR) is 110 cm³/mol. The Morgan fingerprint density at radius 1 is 1.44 bits per heavy atom. The van der Waals surface area contributed by atoms with Gasteiger partial charge in [0.05, 0.1) is 11.6 Å². The van der Waals surface area contributed by atoms with Crippen LogP contribution in [0.1, 0.15) is 31.7 Å². The van der Waals surface area contributed by atoms with Crippen molar-refractivity contribution < 1.29 is 14.6 Å². The van der Waals surface area contributed by atoms with E-state index in [1.165, 1.54) is 0 Å². The van der Waals surface area contributed by atoms with Crippen LogP contribution in [0, 0.1) is 0 Å². The van der Waals surface area contributed by atoms with E-state index in [2.05, 4.69) is 18.9 Å². The average Bonchev–Trinajstić information content (AvgIpc) is 2.69. The molecule has 4 heteroatoms. The van der Waals surface area contributed by atoms with Crippen molar-refractivity contribution in [1.29, 1.82) is 0 Å². The molecule has 1 N–H and O–H groups in total. The number of benzene rings is 1. The first-order valence-electron chi connectivity index (χ1n) is 9.19. The van der Waals surface area contributed by atoms with Crippen LogP contribution in [0.2, 0.25) is 0 Å². The zero-order chi connectivity index (χ0) is 19.6. The molecule has 0 bridgehead atoms. The second-order valence-corrected chi connectivity index (χ2v) is 6.34. The van der Waals surface area contributed by atoms with Crippen LogP contribution in [0.4, 0.5) is 0 Å². The molecule has 27 heavy (non-hydrogen) atoms. The molecule has 4 nitrogen and oxygen atoms in total. The highest BCUT2D eigenvalue weighted by molar-refractivity contribution is 5.96. The van der Waals surface area contributed by atoms with Crippen LogP contribution < -0.4 is 4.74 Å². The standard InChI is InChI=1S/C23H27NO3/c1-4-7-12-18(6-3)23(26)24-16-9-8-13-19(24)17-27-22-15-10-14-21(25)20(22)11-5-2/h4,6-7,10-12,14-15,19,25H,1-2,8-9,13,16-17H2,3H3/b12-7-,18-6+. The fourth-order valence-electron chi connectivity index (χ4n) is 3.16. The van der Waals surface area contributed by atoms with Crippen molar-refractivity contribution in [2.45, 2.75) is 32.2 Å². The molecule has 0 radical (unpaired) electrons. The number of likely N-dealkylation sites (tertiary alicyclic amines) is 1. The van der Waals surface area contributed by atoms with Crippen LogP contribution in [0.5, 0.6) is 11.5 Å². The number of piperidine rings is 1.